The van der Waals surface area contributed by atoms with Crippen molar-refractivity contribution in [1.82, 2.24) is 4.90 Å². The molecule has 1 saturated heterocycles. The Bertz CT molecular complexity index is 437. The molecular weight excluding hydrogens is 238 g/mol. The lowest BCUT2D eigenvalue weighted by Gasteiger charge is -2.26. The first-order chi connectivity index (χ1) is 8.22. The molecule has 1 aromatic rings. The van der Waals surface area contributed by atoms with Gasteiger partial charge in [0.25, 0.3) is 5.91 Å². The van der Waals surface area contributed by atoms with Gasteiger partial charge in [0.2, 0.25) is 0 Å². The van der Waals surface area contributed by atoms with E-state index in [0.717, 1.165) is 0 Å². The molecule has 1 aliphatic rings. The molecule has 0 radical (unpaired) electrons. The summed E-state index contributed by atoms with van der Waals surface area (Å²) in [5.41, 5.74) is 0.572. The SMILES string of the molecule is COc1ccccc1C(=O)N1CCS(=O)CC1. The van der Waals surface area contributed by atoms with Crippen molar-refractivity contribution in [2.75, 3.05) is 31.7 Å². The molecule has 92 valence electrons. The lowest BCUT2D eigenvalue weighted by Crippen LogP contribution is -2.41. The number of carbonyl (C=O) groups excluding carboxylic acids is 1. The van der Waals surface area contributed by atoms with E-state index < -0.39 is 10.8 Å². The molecule has 5 heteroatoms. The number of hydrogen-bond donors (Lipinski definition) is 0. The summed E-state index contributed by atoms with van der Waals surface area (Å²) >= 11 is 0. The highest BCUT2D eigenvalue weighted by Crippen LogP contribution is 2.19. The molecule has 0 spiro atoms. The van der Waals surface area contributed by atoms with E-state index >= 15 is 0 Å². The zero-order valence-electron chi connectivity index (χ0n) is 9.72. The van der Waals surface area contributed by atoms with E-state index in [1.54, 1.807) is 24.1 Å². The van der Waals surface area contributed by atoms with Crippen molar-refractivity contribution in [1.29, 1.82) is 0 Å². The summed E-state index contributed by atoms with van der Waals surface area (Å²) in [4.78, 5) is 14.0. The molecule has 4 nitrogen and oxygen atoms in total. The smallest absolute Gasteiger partial charge is 0.257 e. The Morgan fingerprint density at radius 1 is 1.29 bits per heavy atom. The van der Waals surface area contributed by atoms with Gasteiger partial charge < -0.3 is 9.64 Å². The van der Waals surface area contributed by atoms with Gasteiger partial charge in [-0.3, -0.25) is 9.00 Å². The lowest BCUT2D eigenvalue weighted by atomic mass is 10.1. The van der Waals surface area contributed by atoms with Crippen LogP contribution in [0, 0.1) is 0 Å². The summed E-state index contributed by atoms with van der Waals surface area (Å²) in [6.45, 7) is 1.12. The second-order valence-corrected chi connectivity index (χ2v) is 5.54. The number of para-hydroxylation sites is 1. The Kier molecular flexibility index (Phi) is 3.78. The molecule has 0 N–H and O–H groups in total. The van der Waals surface area contributed by atoms with Crippen LogP contribution in [0.1, 0.15) is 10.4 Å². The third-order valence-corrected chi connectivity index (χ3v) is 4.08. The van der Waals surface area contributed by atoms with Gasteiger partial charge in [-0.1, -0.05) is 12.1 Å². The second kappa shape index (κ2) is 5.31. The van der Waals surface area contributed by atoms with Crippen LogP contribution in [0.2, 0.25) is 0 Å². The molecule has 0 aromatic heterocycles. The van der Waals surface area contributed by atoms with Crippen molar-refractivity contribution >= 4 is 16.7 Å². The van der Waals surface area contributed by atoms with Gasteiger partial charge in [-0.2, -0.15) is 0 Å². The quantitative estimate of drug-likeness (QED) is 0.786. The highest BCUT2D eigenvalue weighted by atomic mass is 32.2. The summed E-state index contributed by atoms with van der Waals surface area (Å²) in [5, 5.41) is 0. The minimum atomic E-state index is -0.766. The largest absolute Gasteiger partial charge is 0.496 e. The van der Waals surface area contributed by atoms with E-state index in [0.29, 0.717) is 35.9 Å². The normalized spacial score (nSPS) is 16.9. The molecule has 0 bridgehead atoms. The molecule has 0 saturated carbocycles. The van der Waals surface area contributed by atoms with Crippen LogP contribution in [0.25, 0.3) is 0 Å². The maximum absolute atomic E-state index is 12.2. The first-order valence-corrected chi connectivity index (χ1v) is 6.98. The minimum absolute atomic E-state index is 0.0425. The average molecular weight is 253 g/mol. The highest BCUT2D eigenvalue weighted by Gasteiger charge is 2.23. The van der Waals surface area contributed by atoms with Crippen molar-refractivity contribution in [3.63, 3.8) is 0 Å². The van der Waals surface area contributed by atoms with Crippen LogP contribution in [0.4, 0.5) is 0 Å². The van der Waals surface area contributed by atoms with Crippen molar-refractivity contribution in [3.05, 3.63) is 29.8 Å². The topological polar surface area (TPSA) is 46.6 Å². The molecule has 2 rings (SSSR count). The summed E-state index contributed by atoms with van der Waals surface area (Å²) < 4.78 is 16.4. The number of carbonyl (C=O) groups is 1. The number of amides is 1. The zero-order chi connectivity index (χ0) is 12.3. The van der Waals surface area contributed by atoms with Gasteiger partial charge in [0.15, 0.2) is 0 Å². The van der Waals surface area contributed by atoms with Crippen LogP contribution in [-0.2, 0) is 10.8 Å². The third-order valence-electron chi connectivity index (χ3n) is 2.80. The molecule has 0 atom stereocenters. The first kappa shape index (κ1) is 12.1. The van der Waals surface area contributed by atoms with Gasteiger partial charge in [0.1, 0.15) is 5.75 Å². The Balaban J connectivity index is 2.16. The highest BCUT2D eigenvalue weighted by molar-refractivity contribution is 7.85. The van der Waals surface area contributed by atoms with Crippen LogP contribution in [-0.4, -0.2) is 46.7 Å². The third kappa shape index (κ3) is 2.66. The van der Waals surface area contributed by atoms with Gasteiger partial charge in [-0.05, 0) is 12.1 Å². The molecule has 17 heavy (non-hydrogen) atoms. The minimum Gasteiger partial charge on any atom is -0.496 e. The summed E-state index contributed by atoms with van der Waals surface area (Å²) in [6.07, 6.45) is 0. The zero-order valence-corrected chi connectivity index (χ0v) is 10.5. The number of methoxy groups -OCH3 is 1. The van der Waals surface area contributed by atoms with Gasteiger partial charge in [-0.15, -0.1) is 0 Å². The van der Waals surface area contributed by atoms with Gasteiger partial charge in [-0.25, -0.2) is 0 Å². The van der Waals surface area contributed by atoms with Crippen LogP contribution in [0.3, 0.4) is 0 Å². The number of ether oxygens (including phenoxy) is 1. The van der Waals surface area contributed by atoms with Gasteiger partial charge >= 0.3 is 0 Å². The Hall–Kier alpha value is -1.36. The Labute approximate surface area is 103 Å². The molecule has 1 amide bonds. The van der Waals surface area contributed by atoms with Crippen LogP contribution in [0.5, 0.6) is 5.75 Å². The van der Waals surface area contributed by atoms with Crippen LogP contribution >= 0.6 is 0 Å². The maximum Gasteiger partial charge on any atom is 0.257 e. The molecule has 0 aliphatic carbocycles. The fraction of sp³-hybridized carbons (Fsp3) is 0.417. The van der Waals surface area contributed by atoms with Gasteiger partial charge in [0.05, 0.1) is 12.7 Å². The van der Waals surface area contributed by atoms with Crippen molar-refractivity contribution in [3.8, 4) is 5.75 Å². The predicted molar refractivity (Wildman–Crippen MR) is 66.8 cm³/mol. The second-order valence-electron chi connectivity index (χ2n) is 3.84. The molecule has 1 fully saturated rings. The summed E-state index contributed by atoms with van der Waals surface area (Å²) in [7, 11) is 0.787. The van der Waals surface area contributed by atoms with Crippen molar-refractivity contribution in [2.45, 2.75) is 0 Å². The maximum atomic E-state index is 12.2. The van der Waals surface area contributed by atoms with E-state index in [2.05, 4.69) is 0 Å². The first-order valence-electron chi connectivity index (χ1n) is 5.49. The fourth-order valence-corrected chi connectivity index (χ4v) is 2.88. The standard InChI is InChI=1S/C12H15NO3S/c1-16-11-5-3-2-4-10(11)12(14)13-6-8-17(15)9-7-13/h2-5H,6-9H2,1H3. The molecule has 1 heterocycles. The Morgan fingerprint density at radius 3 is 2.59 bits per heavy atom. The number of benzene rings is 1. The van der Waals surface area contributed by atoms with E-state index in [4.69, 9.17) is 4.74 Å². The van der Waals surface area contributed by atoms with Crippen LogP contribution in [0.15, 0.2) is 24.3 Å². The van der Waals surface area contributed by atoms with Crippen LogP contribution < -0.4 is 4.74 Å². The van der Waals surface area contributed by atoms with E-state index in [-0.39, 0.29) is 5.91 Å². The number of rotatable bonds is 2. The molecular formula is C12H15NO3S. The average Bonchev–Trinajstić information content (AvgIpc) is 2.39. The summed E-state index contributed by atoms with van der Waals surface area (Å²) in [5.74, 6) is 1.69. The monoisotopic (exact) mass is 253 g/mol. The molecule has 0 unspecified atom stereocenters. The van der Waals surface area contributed by atoms with E-state index in [9.17, 15) is 9.00 Å². The number of hydrogen-bond acceptors (Lipinski definition) is 3. The van der Waals surface area contributed by atoms with Crippen molar-refractivity contribution in [2.24, 2.45) is 0 Å². The number of nitrogens with zero attached hydrogens (tertiary/aromatic N) is 1. The van der Waals surface area contributed by atoms with Crippen molar-refractivity contribution < 1.29 is 13.7 Å². The van der Waals surface area contributed by atoms with E-state index in [1.807, 2.05) is 12.1 Å². The van der Waals surface area contributed by atoms with E-state index in [1.165, 1.54) is 0 Å². The fourth-order valence-electron chi connectivity index (χ4n) is 1.83. The Morgan fingerprint density at radius 2 is 1.94 bits per heavy atom. The lowest BCUT2D eigenvalue weighted by molar-refractivity contribution is 0.0768. The summed E-state index contributed by atoms with van der Waals surface area (Å²) in [6, 6.07) is 7.18. The van der Waals surface area contributed by atoms with Gasteiger partial charge in [0, 0.05) is 35.4 Å². The predicted octanol–water partition coefficient (Wildman–Crippen LogP) is 0.900. The molecule has 1 aromatic carbocycles. The molecule has 1 aliphatic heterocycles.